The molecule has 4 aromatic rings. The third kappa shape index (κ3) is 1.72. The van der Waals surface area contributed by atoms with Gasteiger partial charge in [-0.3, -0.25) is 0 Å². The quantitative estimate of drug-likeness (QED) is 0.379. The van der Waals surface area contributed by atoms with E-state index >= 15 is 0 Å². The molecule has 1 heterocycles. The molecule has 1 aromatic heterocycles. The molecule has 0 saturated heterocycles. The Morgan fingerprint density at radius 1 is 0.708 bits per heavy atom. The maximum Gasteiger partial charge on any atom is 0.416 e. The smallest absolute Gasteiger partial charge is 0.244 e. The minimum atomic E-state index is -4.39. The van der Waals surface area contributed by atoms with E-state index in [0.717, 1.165) is 39.7 Å². The van der Waals surface area contributed by atoms with Gasteiger partial charge in [0.25, 0.3) is 0 Å². The number of halogens is 3. The highest BCUT2D eigenvalue weighted by atomic mass is 19.4. The lowest BCUT2D eigenvalue weighted by Crippen LogP contribution is -2.05. The van der Waals surface area contributed by atoms with Crippen molar-refractivity contribution in [3.63, 3.8) is 0 Å². The van der Waals surface area contributed by atoms with Gasteiger partial charge in [-0.1, -0.05) is 36.4 Å². The van der Waals surface area contributed by atoms with E-state index in [1.54, 1.807) is 0 Å². The predicted octanol–water partition coefficient (Wildman–Crippen LogP) is 5.45. The molecule has 3 aromatic carbocycles. The summed E-state index contributed by atoms with van der Waals surface area (Å²) in [7, 11) is 0. The molecule has 24 heavy (non-hydrogen) atoms. The highest BCUT2D eigenvalue weighted by Gasteiger charge is 2.31. The van der Waals surface area contributed by atoms with Crippen molar-refractivity contribution in [2.75, 3.05) is 0 Å². The van der Waals surface area contributed by atoms with E-state index in [2.05, 4.69) is 9.97 Å². The van der Waals surface area contributed by atoms with Crippen LogP contribution in [0.4, 0.5) is 13.2 Å². The minimum absolute atomic E-state index is 0.258. The van der Waals surface area contributed by atoms with Crippen LogP contribution in [-0.2, 0) is 6.18 Å². The number of aromatic nitrogens is 2. The van der Waals surface area contributed by atoms with Crippen molar-refractivity contribution in [2.45, 2.75) is 6.18 Å². The molecular formula is C19H9F3N2. The highest BCUT2D eigenvalue weighted by Crippen LogP contribution is 2.45. The van der Waals surface area contributed by atoms with Crippen LogP contribution < -0.4 is 0 Å². The summed E-state index contributed by atoms with van der Waals surface area (Å²) in [6.07, 6.45) is -4.39. The lowest BCUT2D eigenvalue weighted by atomic mass is 10.0. The van der Waals surface area contributed by atoms with Crippen LogP contribution in [0.3, 0.4) is 0 Å². The molecule has 0 bridgehead atoms. The molecule has 0 aliphatic heterocycles. The van der Waals surface area contributed by atoms with Crippen molar-refractivity contribution < 1.29 is 13.2 Å². The first-order chi connectivity index (χ1) is 11.5. The van der Waals surface area contributed by atoms with Crippen molar-refractivity contribution in [3.05, 3.63) is 60.2 Å². The van der Waals surface area contributed by atoms with Gasteiger partial charge in [0.05, 0.1) is 28.0 Å². The summed E-state index contributed by atoms with van der Waals surface area (Å²) >= 11 is 0. The maximum absolute atomic E-state index is 12.9. The van der Waals surface area contributed by atoms with Gasteiger partial charge in [-0.2, -0.15) is 13.2 Å². The van der Waals surface area contributed by atoms with Crippen LogP contribution >= 0.6 is 0 Å². The second kappa shape index (κ2) is 4.32. The van der Waals surface area contributed by atoms with Gasteiger partial charge in [0.2, 0.25) is 0 Å². The molecule has 5 heteroatoms. The molecule has 0 N–H and O–H groups in total. The van der Waals surface area contributed by atoms with E-state index in [1.165, 1.54) is 6.07 Å². The number of alkyl halides is 3. The number of benzene rings is 3. The second-order valence-corrected chi connectivity index (χ2v) is 5.83. The van der Waals surface area contributed by atoms with Crippen LogP contribution in [0.25, 0.3) is 44.3 Å². The van der Waals surface area contributed by atoms with Crippen molar-refractivity contribution >= 4 is 21.8 Å². The van der Waals surface area contributed by atoms with E-state index in [4.69, 9.17) is 0 Å². The lowest BCUT2D eigenvalue weighted by Gasteiger charge is -2.08. The van der Waals surface area contributed by atoms with Gasteiger partial charge in [0.1, 0.15) is 0 Å². The molecule has 0 amide bonds. The Labute approximate surface area is 134 Å². The summed E-state index contributed by atoms with van der Waals surface area (Å²) in [4.78, 5) is 9.10. The minimum Gasteiger partial charge on any atom is -0.244 e. The zero-order valence-electron chi connectivity index (χ0n) is 12.2. The molecule has 0 fully saturated rings. The molecule has 0 radical (unpaired) electrons. The van der Waals surface area contributed by atoms with Crippen LogP contribution in [0.1, 0.15) is 5.56 Å². The molecule has 116 valence electrons. The Bertz CT molecular complexity index is 1140. The van der Waals surface area contributed by atoms with Crippen LogP contribution in [0, 0.1) is 0 Å². The maximum atomic E-state index is 12.9. The Hall–Kier alpha value is -2.95. The largest absolute Gasteiger partial charge is 0.416 e. The van der Waals surface area contributed by atoms with E-state index < -0.39 is 11.7 Å². The summed E-state index contributed by atoms with van der Waals surface area (Å²) in [5.41, 5.74) is 3.29. The summed E-state index contributed by atoms with van der Waals surface area (Å²) in [6.45, 7) is 0. The molecule has 1 aliphatic carbocycles. The molecule has 1 aliphatic rings. The number of hydrogen-bond donors (Lipinski definition) is 0. The third-order valence-electron chi connectivity index (χ3n) is 4.41. The normalized spacial score (nSPS) is 12.8. The Morgan fingerprint density at radius 2 is 1.33 bits per heavy atom. The molecule has 5 rings (SSSR count). The molecule has 0 saturated carbocycles. The second-order valence-electron chi connectivity index (χ2n) is 5.83. The first-order valence-corrected chi connectivity index (χ1v) is 7.44. The molecule has 0 unspecified atom stereocenters. The van der Waals surface area contributed by atoms with E-state index in [-0.39, 0.29) is 5.52 Å². The van der Waals surface area contributed by atoms with Gasteiger partial charge in [-0.05, 0) is 23.6 Å². The van der Waals surface area contributed by atoms with Crippen molar-refractivity contribution in [3.8, 4) is 22.5 Å². The Balaban J connectivity index is 1.86. The summed E-state index contributed by atoms with van der Waals surface area (Å²) in [5.74, 6) is 0. The van der Waals surface area contributed by atoms with Gasteiger partial charge in [-0.25, -0.2) is 9.97 Å². The number of rotatable bonds is 0. The van der Waals surface area contributed by atoms with E-state index in [1.807, 2.05) is 36.4 Å². The zero-order chi connectivity index (χ0) is 16.5. The van der Waals surface area contributed by atoms with E-state index in [0.29, 0.717) is 11.2 Å². The first-order valence-electron chi connectivity index (χ1n) is 7.44. The first kappa shape index (κ1) is 13.5. The number of nitrogens with zero attached hydrogens (tertiary/aromatic N) is 2. The lowest BCUT2D eigenvalue weighted by molar-refractivity contribution is -0.137. The van der Waals surface area contributed by atoms with Crippen molar-refractivity contribution in [1.29, 1.82) is 0 Å². The van der Waals surface area contributed by atoms with Crippen molar-refractivity contribution in [1.82, 2.24) is 9.97 Å². The zero-order valence-corrected chi connectivity index (χ0v) is 12.2. The number of hydrogen-bond acceptors (Lipinski definition) is 2. The molecule has 0 spiro atoms. The topological polar surface area (TPSA) is 25.8 Å². The summed E-state index contributed by atoms with van der Waals surface area (Å²) in [6, 6.07) is 15.3. The van der Waals surface area contributed by atoms with Gasteiger partial charge < -0.3 is 0 Å². The Kier molecular flexibility index (Phi) is 2.43. The Morgan fingerprint density at radius 3 is 1.96 bits per heavy atom. The summed E-state index contributed by atoms with van der Waals surface area (Å²) in [5, 5.41) is 2.13. The fourth-order valence-corrected chi connectivity index (χ4v) is 3.34. The SMILES string of the molecule is FC(F)(F)c1ccc2nc3c(nc2c1)-c1cccc2cccc-3c12. The predicted molar refractivity (Wildman–Crippen MR) is 86.5 cm³/mol. The van der Waals surface area contributed by atoms with Gasteiger partial charge in [0.15, 0.2) is 0 Å². The van der Waals surface area contributed by atoms with Gasteiger partial charge >= 0.3 is 6.18 Å². The fourth-order valence-electron chi connectivity index (χ4n) is 3.34. The standard InChI is InChI=1S/C19H9F3N2/c20-19(21,22)11-7-8-14-15(9-11)24-18-13-6-2-4-10-3-1-5-12(16(10)13)17(18)23-14/h1-9H. The van der Waals surface area contributed by atoms with Crippen molar-refractivity contribution in [2.24, 2.45) is 0 Å². The van der Waals surface area contributed by atoms with Gasteiger partial charge in [0, 0.05) is 16.5 Å². The monoisotopic (exact) mass is 322 g/mol. The van der Waals surface area contributed by atoms with E-state index in [9.17, 15) is 13.2 Å². The van der Waals surface area contributed by atoms with Crippen LogP contribution in [0.5, 0.6) is 0 Å². The fraction of sp³-hybridized carbons (Fsp3) is 0.0526. The average molecular weight is 322 g/mol. The number of fused-ring (bicyclic) bond motifs is 4. The van der Waals surface area contributed by atoms with Crippen LogP contribution in [0.15, 0.2) is 54.6 Å². The molecule has 2 nitrogen and oxygen atoms in total. The van der Waals surface area contributed by atoms with Gasteiger partial charge in [-0.15, -0.1) is 0 Å². The van der Waals surface area contributed by atoms with Crippen LogP contribution in [-0.4, -0.2) is 9.97 Å². The molecular weight excluding hydrogens is 313 g/mol. The molecule has 0 atom stereocenters. The highest BCUT2D eigenvalue weighted by molar-refractivity contribution is 6.14. The summed E-state index contributed by atoms with van der Waals surface area (Å²) < 4.78 is 38.8. The average Bonchev–Trinajstić information content (AvgIpc) is 2.88. The van der Waals surface area contributed by atoms with Crippen LogP contribution in [0.2, 0.25) is 0 Å². The third-order valence-corrected chi connectivity index (χ3v) is 4.41.